The van der Waals surface area contributed by atoms with Crippen LogP contribution in [0.2, 0.25) is 5.02 Å². The molecule has 0 saturated heterocycles. The summed E-state index contributed by atoms with van der Waals surface area (Å²) < 4.78 is 6.52. The standard InChI is InChI=1S/C18H19ClN4O3S/c1-10(2)8-23-17(25)13-7-12(19)4-5-14(13)20-18(23)27-9-16(24)21-15-6-11(3)26-22-15/h4-7,10H,8-9H2,1-3H3,(H,21,22,24). The number of benzene rings is 1. The highest BCUT2D eigenvalue weighted by Crippen LogP contribution is 2.21. The van der Waals surface area contributed by atoms with Crippen LogP contribution in [-0.4, -0.2) is 26.4 Å². The summed E-state index contributed by atoms with van der Waals surface area (Å²) in [4.78, 5) is 29.6. The Kier molecular flexibility index (Phi) is 5.86. The average molecular weight is 407 g/mol. The van der Waals surface area contributed by atoms with Crippen LogP contribution >= 0.6 is 23.4 Å². The minimum atomic E-state index is -0.255. The highest BCUT2D eigenvalue weighted by Gasteiger charge is 2.15. The summed E-state index contributed by atoms with van der Waals surface area (Å²) in [7, 11) is 0. The molecule has 2 aromatic heterocycles. The Hall–Kier alpha value is -2.32. The van der Waals surface area contributed by atoms with Gasteiger partial charge in [0.1, 0.15) is 5.76 Å². The summed E-state index contributed by atoms with van der Waals surface area (Å²) in [6.07, 6.45) is 0. The highest BCUT2D eigenvalue weighted by atomic mass is 35.5. The van der Waals surface area contributed by atoms with E-state index in [0.29, 0.717) is 39.2 Å². The molecule has 0 saturated carbocycles. The van der Waals surface area contributed by atoms with Crippen LogP contribution < -0.4 is 10.9 Å². The van der Waals surface area contributed by atoms with Gasteiger partial charge in [-0.3, -0.25) is 14.2 Å². The third-order valence-electron chi connectivity index (χ3n) is 3.66. The molecule has 0 aliphatic carbocycles. The molecule has 0 fully saturated rings. The predicted molar refractivity (Wildman–Crippen MR) is 106 cm³/mol. The molecule has 142 valence electrons. The second-order valence-corrected chi connectivity index (χ2v) is 7.90. The number of carbonyl (C=O) groups is 1. The van der Waals surface area contributed by atoms with Crippen LogP contribution in [0.5, 0.6) is 0 Å². The maximum absolute atomic E-state index is 12.9. The molecule has 1 N–H and O–H groups in total. The fraction of sp³-hybridized carbons (Fsp3) is 0.333. The summed E-state index contributed by atoms with van der Waals surface area (Å²) in [5.74, 6) is 1.05. The number of aromatic nitrogens is 3. The van der Waals surface area contributed by atoms with E-state index in [1.807, 2.05) is 13.8 Å². The van der Waals surface area contributed by atoms with Crippen molar-refractivity contribution in [3.8, 4) is 0 Å². The molecule has 0 atom stereocenters. The van der Waals surface area contributed by atoms with Crippen molar-refractivity contribution in [3.63, 3.8) is 0 Å². The Morgan fingerprint density at radius 1 is 1.37 bits per heavy atom. The van der Waals surface area contributed by atoms with E-state index >= 15 is 0 Å². The maximum Gasteiger partial charge on any atom is 0.262 e. The molecule has 1 amide bonds. The molecule has 2 heterocycles. The molecular weight excluding hydrogens is 388 g/mol. The van der Waals surface area contributed by atoms with Crippen LogP contribution in [0.4, 0.5) is 5.82 Å². The monoisotopic (exact) mass is 406 g/mol. The smallest absolute Gasteiger partial charge is 0.262 e. The molecular formula is C18H19ClN4O3S. The summed E-state index contributed by atoms with van der Waals surface area (Å²) in [5.41, 5.74) is 0.394. The zero-order chi connectivity index (χ0) is 19.6. The Bertz CT molecular complexity index is 1040. The molecule has 0 unspecified atom stereocenters. The number of thioether (sulfide) groups is 1. The van der Waals surface area contributed by atoms with Gasteiger partial charge in [-0.15, -0.1) is 0 Å². The van der Waals surface area contributed by atoms with E-state index in [0.717, 1.165) is 0 Å². The van der Waals surface area contributed by atoms with Gasteiger partial charge in [-0.05, 0) is 31.0 Å². The predicted octanol–water partition coefficient (Wildman–Crippen LogP) is 3.73. The van der Waals surface area contributed by atoms with E-state index in [1.54, 1.807) is 35.8 Å². The normalized spacial score (nSPS) is 11.3. The number of halogens is 1. The highest BCUT2D eigenvalue weighted by molar-refractivity contribution is 7.99. The summed E-state index contributed by atoms with van der Waals surface area (Å²) in [6.45, 7) is 6.28. The van der Waals surface area contributed by atoms with E-state index in [1.165, 1.54) is 11.8 Å². The lowest BCUT2D eigenvalue weighted by Crippen LogP contribution is -2.26. The van der Waals surface area contributed by atoms with E-state index in [-0.39, 0.29) is 23.1 Å². The number of anilines is 1. The second kappa shape index (κ2) is 8.14. The third-order valence-corrected chi connectivity index (χ3v) is 4.87. The first-order chi connectivity index (χ1) is 12.8. The molecule has 1 aromatic carbocycles. The number of rotatable bonds is 6. The SMILES string of the molecule is Cc1cc(NC(=O)CSc2nc3ccc(Cl)cc3c(=O)n2CC(C)C)no1. The zero-order valence-electron chi connectivity index (χ0n) is 15.2. The first kappa shape index (κ1) is 19.4. The summed E-state index contributed by atoms with van der Waals surface area (Å²) in [5, 5.41) is 7.84. The number of carbonyl (C=O) groups excluding carboxylic acids is 1. The van der Waals surface area contributed by atoms with Crippen molar-refractivity contribution in [1.29, 1.82) is 0 Å². The van der Waals surface area contributed by atoms with Crippen molar-refractivity contribution >= 4 is 46.0 Å². The minimum absolute atomic E-state index is 0.0928. The quantitative estimate of drug-likeness (QED) is 0.495. The van der Waals surface area contributed by atoms with Crippen LogP contribution in [0, 0.1) is 12.8 Å². The van der Waals surface area contributed by atoms with Gasteiger partial charge in [-0.1, -0.05) is 42.4 Å². The second-order valence-electron chi connectivity index (χ2n) is 6.53. The molecule has 7 nitrogen and oxygen atoms in total. The van der Waals surface area contributed by atoms with Crippen molar-refractivity contribution in [2.24, 2.45) is 5.92 Å². The van der Waals surface area contributed by atoms with Crippen LogP contribution in [-0.2, 0) is 11.3 Å². The van der Waals surface area contributed by atoms with Crippen molar-refractivity contribution < 1.29 is 9.32 Å². The van der Waals surface area contributed by atoms with E-state index in [2.05, 4.69) is 15.5 Å². The molecule has 0 aliphatic heterocycles. The number of hydrogen-bond acceptors (Lipinski definition) is 6. The maximum atomic E-state index is 12.9. The third kappa shape index (κ3) is 4.70. The van der Waals surface area contributed by atoms with Crippen LogP contribution in [0.1, 0.15) is 19.6 Å². The minimum Gasteiger partial charge on any atom is -0.360 e. The molecule has 0 spiro atoms. The van der Waals surface area contributed by atoms with Crippen molar-refractivity contribution in [3.05, 3.63) is 45.4 Å². The lowest BCUT2D eigenvalue weighted by atomic mass is 10.2. The van der Waals surface area contributed by atoms with Crippen molar-refractivity contribution in [1.82, 2.24) is 14.7 Å². The number of amides is 1. The number of nitrogens with zero attached hydrogens (tertiary/aromatic N) is 3. The number of nitrogens with one attached hydrogen (secondary N) is 1. The van der Waals surface area contributed by atoms with Gasteiger partial charge in [0, 0.05) is 17.6 Å². The molecule has 0 aliphatic rings. The molecule has 27 heavy (non-hydrogen) atoms. The molecule has 3 rings (SSSR count). The van der Waals surface area contributed by atoms with E-state index in [4.69, 9.17) is 16.1 Å². The van der Waals surface area contributed by atoms with E-state index < -0.39 is 0 Å². The van der Waals surface area contributed by atoms with Crippen LogP contribution in [0.15, 0.2) is 38.7 Å². The lowest BCUT2D eigenvalue weighted by molar-refractivity contribution is -0.113. The van der Waals surface area contributed by atoms with Crippen molar-refractivity contribution in [2.45, 2.75) is 32.5 Å². The summed E-state index contributed by atoms with van der Waals surface area (Å²) >= 11 is 7.23. The van der Waals surface area contributed by atoms with Crippen LogP contribution in [0.25, 0.3) is 10.9 Å². The van der Waals surface area contributed by atoms with Gasteiger partial charge in [0.05, 0.1) is 16.7 Å². The molecule has 3 aromatic rings. The first-order valence-corrected chi connectivity index (χ1v) is 9.76. The van der Waals surface area contributed by atoms with Crippen molar-refractivity contribution in [2.75, 3.05) is 11.1 Å². The summed E-state index contributed by atoms with van der Waals surface area (Å²) in [6, 6.07) is 6.66. The van der Waals surface area contributed by atoms with E-state index in [9.17, 15) is 9.59 Å². The van der Waals surface area contributed by atoms with Gasteiger partial charge >= 0.3 is 0 Å². The molecule has 0 radical (unpaired) electrons. The topological polar surface area (TPSA) is 90.0 Å². The Morgan fingerprint density at radius 3 is 2.81 bits per heavy atom. The lowest BCUT2D eigenvalue weighted by Gasteiger charge is -2.14. The first-order valence-electron chi connectivity index (χ1n) is 8.39. The number of aryl methyl sites for hydroxylation is 1. The van der Waals surface area contributed by atoms with Gasteiger partial charge in [-0.2, -0.15) is 0 Å². The van der Waals surface area contributed by atoms with Gasteiger partial charge < -0.3 is 9.84 Å². The fourth-order valence-electron chi connectivity index (χ4n) is 2.54. The zero-order valence-corrected chi connectivity index (χ0v) is 16.7. The van der Waals surface area contributed by atoms with Crippen LogP contribution in [0.3, 0.4) is 0 Å². The van der Waals surface area contributed by atoms with Gasteiger partial charge in [0.25, 0.3) is 5.56 Å². The molecule has 0 bridgehead atoms. The molecule has 9 heteroatoms. The Labute approximate surface area is 165 Å². The van der Waals surface area contributed by atoms with Gasteiger partial charge in [0.15, 0.2) is 11.0 Å². The van der Waals surface area contributed by atoms with Gasteiger partial charge in [-0.25, -0.2) is 4.98 Å². The largest absolute Gasteiger partial charge is 0.360 e. The Morgan fingerprint density at radius 2 is 2.15 bits per heavy atom. The number of fused-ring (bicyclic) bond motifs is 1. The van der Waals surface area contributed by atoms with Gasteiger partial charge in [0.2, 0.25) is 5.91 Å². The fourth-order valence-corrected chi connectivity index (χ4v) is 3.52. The number of hydrogen-bond donors (Lipinski definition) is 1. The average Bonchev–Trinajstić information content (AvgIpc) is 3.01. The Balaban J connectivity index is 1.86.